The van der Waals surface area contributed by atoms with Gasteiger partial charge in [-0.2, -0.15) is 0 Å². The quantitative estimate of drug-likeness (QED) is 0.790. The molecule has 0 aromatic carbocycles. The lowest BCUT2D eigenvalue weighted by molar-refractivity contribution is -0.138. The molecule has 110 valence electrons. The lowest BCUT2D eigenvalue weighted by atomic mass is 9.64. The SMILES string of the molecule is COC1CC(NC(=O)N(CC(=O)O)C(C)C)C1(C)C. The Labute approximate surface area is 114 Å². The summed E-state index contributed by atoms with van der Waals surface area (Å²) in [4.78, 5) is 24.2. The molecule has 0 bridgehead atoms. The van der Waals surface area contributed by atoms with Crippen LogP contribution in [-0.4, -0.2) is 53.8 Å². The minimum atomic E-state index is -1.01. The van der Waals surface area contributed by atoms with E-state index in [-0.39, 0.29) is 36.2 Å². The number of urea groups is 1. The third-order valence-corrected chi connectivity index (χ3v) is 3.95. The first-order valence-corrected chi connectivity index (χ1v) is 6.51. The van der Waals surface area contributed by atoms with E-state index in [1.165, 1.54) is 4.90 Å². The number of amides is 2. The first kappa shape index (κ1) is 15.8. The number of ether oxygens (including phenoxy) is 1. The van der Waals surface area contributed by atoms with E-state index in [4.69, 9.17) is 9.84 Å². The minimum Gasteiger partial charge on any atom is -0.480 e. The van der Waals surface area contributed by atoms with E-state index < -0.39 is 5.97 Å². The monoisotopic (exact) mass is 272 g/mol. The molecule has 1 fully saturated rings. The highest BCUT2D eigenvalue weighted by Crippen LogP contribution is 2.42. The molecular formula is C13H24N2O4. The number of aliphatic carboxylic acids is 1. The Morgan fingerprint density at radius 3 is 2.42 bits per heavy atom. The van der Waals surface area contributed by atoms with Gasteiger partial charge in [-0.1, -0.05) is 13.8 Å². The summed E-state index contributed by atoms with van der Waals surface area (Å²) in [6.45, 7) is 7.38. The summed E-state index contributed by atoms with van der Waals surface area (Å²) in [6, 6.07) is -0.470. The van der Waals surface area contributed by atoms with Crippen LogP contribution < -0.4 is 5.32 Å². The van der Waals surface area contributed by atoms with Crippen LogP contribution in [0.1, 0.15) is 34.1 Å². The van der Waals surface area contributed by atoms with Gasteiger partial charge in [0.15, 0.2) is 0 Å². The molecule has 2 N–H and O–H groups in total. The van der Waals surface area contributed by atoms with Gasteiger partial charge in [-0.3, -0.25) is 4.79 Å². The third-order valence-electron chi connectivity index (χ3n) is 3.95. The maximum Gasteiger partial charge on any atom is 0.323 e. The first-order valence-electron chi connectivity index (χ1n) is 6.51. The summed E-state index contributed by atoms with van der Waals surface area (Å²) >= 11 is 0. The molecule has 1 aliphatic rings. The van der Waals surface area contributed by atoms with Crippen LogP contribution in [0.5, 0.6) is 0 Å². The number of hydrogen-bond acceptors (Lipinski definition) is 3. The fourth-order valence-electron chi connectivity index (χ4n) is 2.40. The maximum atomic E-state index is 12.1. The van der Waals surface area contributed by atoms with Crippen molar-refractivity contribution in [2.45, 2.75) is 52.3 Å². The molecular weight excluding hydrogens is 248 g/mol. The van der Waals surface area contributed by atoms with E-state index in [0.717, 1.165) is 6.42 Å². The summed E-state index contributed by atoms with van der Waals surface area (Å²) in [5.74, 6) is -1.01. The molecule has 0 aliphatic heterocycles. The van der Waals surface area contributed by atoms with Gasteiger partial charge >= 0.3 is 12.0 Å². The number of nitrogens with one attached hydrogen (secondary N) is 1. The Kier molecular flexibility index (Phi) is 4.79. The minimum absolute atomic E-state index is 0.0139. The van der Waals surface area contributed by atoms with E-state index in [0.29, 0.717) is 0 Å². The summed E-state index contributed by atoms with van der Waals surface area (Å²) in [7, 11) is 1.66. The van der Waals surface area contributed by atoms with Crippen molar-refractivity contribution in [3.63, 3.8) is 0 Å². The van der Waals surface area contributed by atoms with E-state index in [1.54, 1.807) is 21.0 Å². The van der Waals surface area contributed by atoms with Crippen LogP contribution in [0.3, 0.4) is 0 Å². The van der Waals surface area contributed by atoms with Crippen LogP contribution in [0.25, 0.3) is 0 Å². The van der Waals surface area contributed by atoms with E-state index in [9.17, 15) is 9.59 Å². The standard InChI is InChI=1S/C13H24N2O4/c1-8(2)15(7-11(16)17)12(18)14-9-6-10(19-5)13(9,3)4/h8-10H,6-7H2,1-5H3,(H,14,18)(H,16,17). The summed E-state index contributed by atoms with van der Waals surface area (Å²) in [5, 5.41) is 11.7. The van der Waals surface area contributed by atoms with Gasteiger partial charge in [-0.15, -0.1) is 0 Å². The number of rotatable bonds is 5. The number of nitrogens with zero attached hydrogens (tertiary/aromatic N) is 1. The van der Waals surface area contributed by atoms with Crippen LogP contribution in [0.15, 0.2) is 0 Å². The molecule has 2 unspecified atom stereocenters. The number of carbonyl (C=O) groups is 2. The largest absolute Gasteiger partial charge is 0.480 e. The normalized spacial score (nSPS) is 24.7. The molecule has 2 atom stereocenters. The van der Waals surface area contributed by atoms with Gasteiger partial charge in [0.25, 0.3) is 0 Å². The van der Waals surface area contributed by atoms with Crippen molar-refractivity contribution in [1.29, 1.82) is 0 Å². The van der Waals surface area contributed by atoms with E-state index >= 15 is 0 Å². The van der Waals surface area contributed by atoms with E-state index in [2.05, 4.69) is 5.32 Å². The molecule has 0 spiro atoms. The summed E-state index contributed by atoms with van der Waals surface area (Å²) < 4.78 is 5.33. The number of methoxy groups -OCH3 is 1. The van der Waals surface area contributed by atoms with Crippen molar-refractivity contribution < 1.29 is 19.4 Å². The second-order valence-electron chi connectivity index (χ2n) is 5.90. The van der Waals surface area contributed by atoms with Crippen LogP contribution >= 0.6 is 0 Å². The second kappa shape index (κ2) is 5.77. The Balaban J connectivity index is 2.61. The van der Waals surface area contributed by atoms with Crippen LogP contribution in [-0.2, 0) is 9.53 Å². The van der Waals surface area contributed by atoms with Gasteiger partial charge < -0.3 is 20.1 Å². The predicted octanol–water partition coefficient (Wildman–Crippen LogP) is 1.30. The summed E-state index contributed by atoms with van der Waals surface area (Å²) in [5.41, 5.74) is -0.129. The Morgan fingerprint density at radius 2 is 2.05 bits per heavy atom. The number of carboxylic acids is 1. The lowest BCUT2D eigenvalue weighted by Crippen LogP contribution is -2.64. The third kappa shape index (κ3) is 3.37. The molecule has 6 heteroatoms. The lowest BCUT2D eigenvalue weighted by Gasteiger charge is -2.51. The molecule has 6 nitrogen and oxygen atoms in total. The zero-order chi connectivity index (χ0) is 14.8. The Morgan fingerprint density at radius 1 is 1.47 bits per heavy atom. The first-order chi connectivity index (χ1) is 8.70. The van der Waals surface area contributed by atoms with Gasteiger partial charge in [0.2, 0.25) is 0 Å². The summed E-state index contributed by atoms with van der Waals surface area (Å²) in [6.07, 6.45) is 0.888. The van der Waals surface area contributed by atoms with Crippen molar-refractivity contribution in [2.75, 3.05) is 13.7 Å². The smallest absolute Gasteiger partial charge is 0.323 e. The van der Waals surface area contributed by atoms with Gasteiger partial charge in [0.1, 0.15) is 6.54 Å². The molecule has 0 heterocycles. The molecule has 19 heavy (non-hydrogen) atoms. The highest BCUT2D eigenvalue weighted by Gasteiger charge is 2.49. The fraction of sp³-hybridized carbons (Fsp3) is 0.846. The van der Waals surface area contributed by atoms with Crippen molar-refractivity contribution in [3.8, 4) is 0 Å². The molecule has 1 aliphatic carbocycles. The molecule has 1 saturated carbocycles. The Bertz CT molecular complexity index is 355. The fourth-order valence-corrected chi connectivity index (χ4v) is 2.40. The molecule has 0 radical (unpaired) electrons. The van der Waals surface area contributed by atoms with E-state index in [1.807, 2.05) is 13.8 Å². The molecule has 1 rings (SSSR count). The molecule has 0 aromatic heterocycles. The van der Waals surface area contributed by atoms with Crippen LogP contribution in [0, 0.1) is 5.41 Å². The van der Waals surface area contributed by atoms with Crippen LogP contribution in [0.2, 0.25) is 0 Å². The molecule has 0 saturated heterocycles. The van der Waals surface area contributed by atoms with Crippen molar-refractivity contribution in [2.24, 2.45) is 5.41 Å². The topological polar surface area (TPSA) is 78.9 Å². The number of hydrogen-bond donors (Lipinski definition) is 2. The van der Waals surface area contributed by atoms with Gasteiger partial charge in [-0.25, -0.2) is 4.79 Å². The number of carboxylic acid groups (broad SMARTS) is 1. The zero-order valence-corrected chi connectivity index (χ0v) is 12.3. The Hall–Kier alpha value is -1.30. The molecule has 0 aromatic rings. The van der Waals surface area contributed by atoms with Gasteiger partial charge in [0, 0.05) is 24.6 Å². The highest BCUT2D eigenvalue weighted by atomic mass is 16.5. The zero-order valence-electron chi connectivity index (χ0n) is 12.3. The molecule has 2 amide bonds. The van der Waals surface area contributed by atoms with Crippen molar-refractivity contribution in [1.82, 2.24) is 10.2 Å². The van der Waals surface area contributed by atoms with Crippen molar-refractivity contribution >= 4 is 12.0 Å². The second-order valence-corrected chi connectivity index (χ2v) is 5.90. The average Bonchev–Trinajstić information content (AvgIpc) is 2.29. The van der Waals surface area contributed by atoms with Gasteiger partial charge in [-0.05, 0) is 20.3 Å². The number of carbonyl (C=O) groups excluding carboxylic acids is 1. The average molecular weight is 272 g/mol. The van der Waals surface area contributed by atoms with Crippen LogP contribution in [0.4, 0.5) is 4.79 Å². The van der Waals surface area contributed by atoms with Crippen molar-refractivity contribution in [3.05, 3.63) is 0 Å². The maximum absolute atomic E-state index is 12.1. The predicted molar refractivity (Wildman–Crippen MR) is 71.0 cm³/mol. The highest BCUT2D eigenvalue weighted by molar-refractivity contribution is 5.80. The van der Waals surface area contributed by atoms with Gasteiger partial charge in [0.05, 0.1) is 6.10 Å².